The van der Waals surface area contributed by atoms with Crippen LogP contribution in [-0.4, -0.2) is 22.6 Å². The number of pyridine rings is 1. The van der Waals surface area contributed by atoms with E-state index in [2.05, 4.69) is 10.3 Å². The molecule has 86 valence electrons. The van der Waals surface area contributed by atoms with Crippen molar-refractivity contribution in [2.24, 2.45) is 0 Å². The number of hydrogen-bond acceptors (Lipinski definition) is 3. The smallest absolute Gasteiger partial charge is 0.328 e. The average Bonchev–Trinajstić information content (AvgIpc) is 2.26. The van der Waals surface area contributed by atoms with Gasteiger partial charge in [-0.1, -0.05) is 6.07 Å². The van der Waals surface area contributed by atoms with Crippen LogP contribution in [-0.2, 0) is 17.8 Å². The van der Waals surface area contributed by atoms with Gasteiger partial charge in [-0.15, -0.1) is 12.4 Å². The summed E-state index contributed by atoms with van der Waals surface area (Å²) in [7, 11) is 0. The van der Waals surface area contributed by atoms with Gasteiger partial charge in [0.25, 0.3) is 0 Å². The molecule has 0 unspecified atom stereocenters. The molecule has 0 radical (unpaired) electrons. The van der Waals surface area contributed by atoms with Crippen LogP contribution in [0, 0.1) is 0 Å². The van der Waals surface area contributed by atoms with Gasteiger partial charge in [0.2, 0.25) is 0 Å². The lowest BCUT2D eigenvalue weighted by molar-refractivity contribution is -0.131. The quantitative estimate of drug-likeness (QED) is 0.764. The van der Waals surface area contributed by atoms with E-state index < -0.39 is 5.97 Å². The number of carbonyl (C=O) groups is 1. The van der Waals surface area contributed by atoms with E-state index in [0.29, 0.717) is 5.69 Å². The van der Waals surface area contributed by atoms with E-state index in [0.717, 1.165) is 31.3 Å². The first-order chi connectivity index (χ1) is 7.25. The second-order valence-electron chi connectivity index (χ2n) is 3.44. The average molecular weight is 241 g/mol. The fourth-order valence-electron chi connectivity index (χ4n) is 1.61. The largest absolute Gasteiger partial charge is 0.478 e. The van der Waals surface area contributed by atoms with Gasteiger partial charge in [0.05, 0.1) is 11.4 Å². The van der Waals surface area contributed by atoms with Gasteiger partial charge in [-0.05, 0) is 30.7 Å². The molecule has 0 saturated heterocycles. The molecular weight excluding hydrogens is 228 g/mol. The lowest BCUT2D eigenvalue weighted by Gasteiger charge is -2.15. The van der Waals surface area contributed by atoms with Gasteiger partial charge in [-0.2, -0.15) is 0 Å². The molecule has 0 saturated carbocycles. The Bertz CT molecular complexity index is 418. The molecule has 0 amide bonds. The minimum absolute atomic E-state index is 0. The summed E-state index contributed by atoms with van der Waals surface area (Å²) in [5, 5.41) is 11.7. The first kappa shape index (κ1) is 12.7. The van der Waals surface area contributed by atoms with E-state index in [9.17, 15) is 4.79 Å². The number of nitrogens with zero attached hydrogens (tertiary/aromatic N) is 1. The Hall–Kier alpha value is -1.39. The predicted molar refractivity (Wildman–Crippen MR) is 63.6 cm³/mol. The molecule has 2 N–H and O–H groups in total. The molecule has 1 aliphatic heterocycles. The second kappa shape index (κ2) is 5.63. The zero-order valence-corrected chi connectivity index (χ0v) is 9.46. The minimum atomic E-state index is -0.951. The van der Waals surface area contributed by atoms with Crippen molar-refractivity contribution in [3.05, 3.63) is 35.2 Å². The maximum Gasteiger partial charge on any atom is 0.328 e. The lowest BCUT2D eigenvalue weighted by Crippen LogP contribution is -2.24. The third-order valence-corrected chi connectivity index (χ3v) is 2.35. The number of halogens is 1. The number of aromatic nitrogens is 1. The SMILES string of the molecule is Cl.O=C(O)/C=C/c1ccc2c(n1)CNCC2. The van der Waals surface area contributed by atoms with Gasteiger partial charge >= 0.3 is 5.97 Å². The number of nitrogens with one attached hydrogen (secondary N) is 1. The monoisotopic (exact) mass is 240 g/mol. The van der Waals surface area contributed by atoms with Crippen molar-refractivity contribution in [3.8, 4) is 0 Å². The van der Waals surface area contributed by atoms with Crippen LogP contribution in [0.2, 0.25) is 0 Å². The first-order valence-corrected chi connectivity index (χ1v) is 4.86. The van der Waals surface area contributed by atoms with Crippen molar-refractivity contribution in [2.45, 2.75) is 13.0 Å². The summed E-state index contributed by atoms with van der Waals surface area (Å²) in [6.45, 7) is 1.75. The number of carboxylic acid groups (broad SMARTS) is 1. The highest BCUT2D eigenvalue weighted by atomic mass is 35.5. The topological polar surface area (TPSA) is 62.2 Å². The summed E-state index contributed by atoms with van der Waals surface area (Å²) >= 11 is 0. The molecule has 1 aromatic heterocycles. The molecule has 1 aromatic rings. The van der Waals surface area contributed by atoms with Gasteiger partial charge in [0.1, 0.15) is 0 Å². The Labute approximate surface area is 99.8 Å². The number of rotatable bonds is 2. The third-order valence-electron chi connectivity index (χ3n) is 2.35. The highest BCUT2D eigenvalue weighted by molar-refractivity contribution is 5.85. The van der Waals surface area contributed by atoms with E-state index in [1.807, 2.05) is 12.1 Å². The highest BCUT2D eigenvalue weighted by Crippen LogP contribution is 2.12. The zero-order valence-electron chi connectivity index (χ0n) is 8.64. The van der Waals surface area contributed by atoms with E-state index in [1.54, 1.807) is 0 Å². The number of carboxylic acids is 1. The lowest BCUT2D eigenvalue weighted by atomic mass is 10.1. The zero-order chi connectivity index (χ0) is 10.7. The van der Waals surface area contributed by atoms with Gasteiger partial charge < -0.3 is 10.4 Å². The summed E-state index contributed by atoms with van der Waals surface area (Å²) < 4.78 is 0. The van der Waals surface area contributed by atoms with Crippen molar-refractivity contribution >= 4 is 24.5 Å². The second-order valence-corrected chi connectivity index (χ2v) is 3.44. The summed E-state index contributed by atoms with van der Waals surface area (Å²) in [6.07, 6.45) is 3.60. The van der Waals surface area contributed by atoms with Crippen molar-refractivity contribution < 1.29 is 9.90 Å². The molecule has 0 spiro atoms. The number of aliphatic carboxylic acids is 1. The fraction of sp³-hybridized carbons (Fsp3) is 0.273. The standard InChI is InChI=1S/C11H12N2O2.ClH/c14-11(15)4-3-9-2-1-8-5-6-12-7-10(8)13-9;/h1-4,12H,5-7H2,(H,14,15);1H/b4-3+;. The highest BCUT2D eigenvalue weighted by Gasteiger charge is 2.09. The summed E-state index contributed by atoms with van der Waals surface area (Å²) in [6, 6.07) is 3.87. The maximum atomic E-state index is 10.3. The molecule has 1 aliphatic rings. The third kappa shape index (κ3) is 3.05. The molecule has 0 atom stereocenters. The summed E-state index contributed by atoms with van der Waals surface area (Å²) in [5.41, 5.74) is 2.97. The van der Waals surface area contributed by atoms with Crippen molar-refractivity contribution in [1.82, 2.24) is 10.3 Å². The first-order valence-electron chi connectivity index (χ1n) is 4.86. The summed E-state index contributed by atoms with van der Waals surface area (Å²) in [5.74, 6) is -0.951. The Balaban J connectivity index is 0.00000128. The van der Waals surface area contributed by atoms with Crippen molar-refractivity contribution in [2.75, 3.05) is 6.54 Å². The predicted octanol–water partition coefficient (Wildman–Crippen LogP) is 1.25. The van der Waals surface area contributed by atoms with Gasteiger partial charge in [0.15, 0.2) is 0 Å². The van der Waals surface area contributed by atoms with Crippen LogP contribution in [0.4, 0.5) is 0 Å². The van der Waals surface area contributed by atoms with Gasteiger partial charge in [-0.25, -0.2) is 4.79 Å². The molecule has 0 fully saturated rings. The van der Waals surface area contributed by atoms with Crippen molar-refractivity contribution in [1.29, 1.82) is 0 Å². The van der Waals surface area contributed by atoms with E-state index in [1.165, 1.54) is 11.6 Å². The maximum absolute atomic E-state index is 10.3. The number of hydrogen-bond donors (Lipinski definition) is 2. The molecule has 2 heterocycles. The summed E-state index contributed by atoms with van der Waals surface area (Å²) in [4.78, 5) is 14.7. The normalized spacial score (nSPS) is 14.2. The van der Waals surface area contributed by atoms with Crippen LogP contribution in [0.15, 0.2) is 18.2 Å². The van der Waals surface area contributed by atoms with Crippen LogP contribution in [0.5, 0.6) is 0 Å². The Morgan fingerprint density at radius 1 is 1.50 bits per heavy atom. The minimum Gasteiger partial charge on any atom is -0.478 e. The van der Waals surface area contributed by atoms with Gasteiger partial charge in [0, 0.05) is 12.6 Å². The van der Waals surface area contributed by atoms with Gasteiger partial charge in [-0.3, -0.25) is 4.98 Å². The molecule has 2 rings (SSSR count). The van der Waals surface area contributed by atoms with Crippen LogP contribution < -0.4 is 5.32 Å². The molecule has 5 heteroatoms. The molecule has 0 aliphatic carbocycles. The van der Waals surface area contributed by atoms with Crippen LogP contribution >= 0.6 is 12.4 Å². The van der Waals surface area contributed by atoms with Crippen LogP contribution in [0.3, 0.4) is 0 Å². The van der Waals surface area contributed by atoms with E-state index >= 15 is 0 Å². The molecule has 0 bridgehead atoms. The molecule has 4 nitrogen and oxygen atoms in total. The number of fused-ring (bicyclic) bond motifs is 1. The molecular formula is C11H13ClN2O2. The fourth-order valence-corrected chi connectivity index (χ4v) is 1.61. The Morgan fingerprint density at radius 3 is 3.06 bits per heavy atom. The van der Waals surface area contributed by atoms with E-state index in [4.69, 9.17) is 5.11 Å². The molecule has 16 heavy (non-hydrogen) atoms. The van der Waals surface area contributed by atoms with Crippen LogP contribution in [0.1, 0.15) is 17.0 Å². The van der Waals surface area contributed by atoms with Crippen LogP contribution in [0.25, 0.3) is 6.08 Å². The molecule has 0 aromatic carbocycles. The van der Waals surface area contributed by atoms with E-state index in [-0.39, 0.29) is 12.4 Å². The Kier molecular flexibility index (Phi) is 4.46. The Morgan fingerprint density at radius 2 is 2.31 bits per heavy atom. The van der Waals surface area contributed by atoms with Crippen molar-refractivity contribution in [3.63, 3.8) is 0 Å².